The molecule has 1 aliphatic heterocycles. The highest BCUT2D eigenvalue weighted by Crippen LogP contribution is 2.10. The summed E-state index contributed by atoms with van der Waals surface area (Å²) in [6.07, 6.45) is 2.66. The number of nitrogens with two attached hydrogens (primary N) is 1. The van der Waals surface area contributed by atoms with Gasteiger partial charge in [-0.15, -0.1) is 0 Å². The Hall–Kier alpha value is -1.29. The second-order valence-electron chi connectivity index (χ2n) is 3.38. The molecular formula is C9H13N3O. The number of hydrogen-bond acceptors (Lipinski definition) is 2. The first kappa shape index (κ1) is 8.31. The van der Waals surface area contributed by atoms with Gasteiger partial charge in [0, 0.05) is 25.3 Å². The third-order valence-electron chi connectivity index (χ3n) is 2.34. The van der Waals surface area contributed by atoms with Crippen LogP contribution in [0.2, 0.25) is 0 Å². The Morgan fingerprint density at radius 2 is 2.54 bits per heavy atom. The molecule has 4 heteroatoms. The Balaban J connectivity index is 2.06. The van der Waals surface area contributed by atoms with Gasteiger partial charge in [-0.25, -0.2) is 0 Å². The summed E-state index contributed by atoms with van der Waals surface area (Å²) in [5.74, 6) is 0.0537. The minimum absolute atomic E-state index is 0.0537. The zero-order valence-corrected chi connectivity index (χ0v) is 7.36. The van der Waals surface area contributed by atoms with Crippen molar-refractivity contribution in [3.8, 4) is 0 Å². The molecule has 2 heterocycles. The molecule has 70 valence electrons. The fourth-order valence-electron chi connectivity index (χ4n) is 1.61. The topological polar surface area (TPSA) is 62.1 Å². The highest BCUT2D eigenvalue weighted by atomic mass is 16.2. The van der Waals surface area contributed by atoms with Crippen molar-refractivity contribution in [2.45, 2.75) is 12.5 Å². The molecule has 0 spiro atoms. The average Bonchev–Trinajstić information content (AvgIpc) is 2.72. The predicted molar refractivity (Wildman–Crippen MR) is 49.3 cm³/mol. The Labute approximate surface area is 76.7 Å². The number of aromatic nitrogens is 1. The first-order chi connectivity index (χ1) is 6.27. The van der Waals surface area contributed by atoms with E-state index in [1.165, 1.54) is 0 Å². The lowest BCUT2D eigenvalue weighted by atomic mass is 10.3. The number of amides is 1. The average molecular weight is 179 g/mol. The number of carbonyl (C=O) groups excluding carboxylic acids is 1. The standard InChI is InChI=1S/C9H13N3O/c10-7-3-5-12(6-7)9(13)8-2-1-4-11-8/h1-2,4,7,11H,3,5-6,10H2/t7-/m1/s1. The summed E-state index contributed by atoms with van der Waals surface area (Å²) >= 11 is 0. The summed E-state index contributed by atoms with van der Waals surface area (Å²) in [5, 5.41) is 0. The third kappa shape index (κ3) is 1.58. The first-order valence-corrected chi connectivity index (χ1v) is 4.45. The van der Waals surface area contributed by atoms with Gasteiger partial charge in [0.25, 0.3) is 5.91 Å². The molecule has 0 saturated carbocycles. The minimum atomic E-state index is 0.0537. The maximum atomic E-state index is 11.7. The van der Waals surface area contributed by atoms with E-state index in [1.807, 2.05) is 6.07 Å². The monoisotopic (exact) mass is 179 g/mol. The van der Waals surface area contributed by atoms with Gasteiger partial charge in [-0.1, -0.05) is 0 Å². The van der Waals surface area contributed by atoms with Crippen molar-refractivity contribution in [3.63, 3.8) is 0 Å². The lowest BCUT2D eigenvalue weighted by Gasteiger charge is -2.14. The molecule has 2 rings (SSSR count). The molecule has 3 N–H and O–H groups in total. The van der Waals surface area contributed by atoms with Crippen LogP contribution in [0, 0.1) is 0 Å². The van der Waals surface area contributed by atoms with E-state index in [2.05, 4.69) is 4.98 Å². The van der Waals surface area contributed by atoms with Crippen LogP contribution in [0.4, 0.5) is 0 Å². The van der Waals surface area contributed by atoms with Crippen LogP contribution in [0.1, 0.15) is 16.9 Å². The second-order valence-corrected chi connectivity index (χ2v) is 3.38. The van der Waals surface area contributed by atoms with Gasteiger partial charge >= 0.3 is 0 Å². The molecule has 0 radical (unpaired) electrons. The van der Waals surface area contributed by atoms with E-state index in [-0.39, 0.29) is 11.9 Å². The van der Waals surface area contributed by atoms with Crippen molar-refractivity contribution >= 4 is 5.91 Å². The Morgan fingerprint density at radius 3 is 3.08 bits per heavy atom. The van der Waals surface area contributed by atoms with E-state index in [4.69, 9.17) is 5.73 Å². The number of hydrogen-bond donors (Lipinski definition) is 2. The largest absolute Gasteiger partial charge is 0.357 e. The van der Waals surface area contributed by atoms with E-state index in [0.717, 1.165) is 13.0 Å². The number of nitrogens with one attached hydrogen (secondary N) is 1. The van der Waals surface area contributed by atoms with Gasteiger partial charge in [0.15, 0.2) is 0 Å². The minimum Gasteiger partial charge on any atom is -0.357 e. The summed E-state index contributed by atoms with van der Waals surface area (Å²) < 4.78 is 0. The second kappa shape index (κ2) is 3.22. The first-order valence-electron chi connectivity index (χ1n) is 4.45. The lowest BCUT2D eigenvalue weighted by molar-refractivity contribution is 0.0786. The van der Waals surface area contributed by atoms with E-state index in [1.54, 1.807) is 17.2 Å². The molecule has 1 fully saturated rings. The number of aromatic amines is 1. The SMILES string of the molecule is N[C@@H]1CCN(C(=O)c2ccc[nH]2)C1. The highest BCUT2D eigenvalue weighted by molar-refractivity contribution is 5.92. The van der Waals surface area contributed by atoms with Crippen LogP contribution in [0.25, 0.3) is 0 Å². The summed E-state index contributed by atoms with van der Waals surface area (Å²) in [4.78, 5) is 16.4. The number of rotatable bonds is 1. The molecule has 0 aliphatic carbocycles. The quantitative estimate of drug-likeness (QED) is 0.646. The molecule has 1 amide bonds. The van der Waals surface area contributed by atoms with Gasteiger partial charge in [-0.05, 0) is 18.6 Å². The van der Waals surface area contributed by atoms with Crippen molar-refractivity contribution in [2.24, 2.45) is 5.73 Å². The Kier molecular flexibility index (Phi) is 2.06. The van der Waals surface area contributed by atoms with Gasteiger partial charge in [-0.2, -0.15) is 0 Å². The highest BCUT2D eigenvalue weighted by Gasteiger charge is 2.24. The molecule has 1 saturated heterocycles. The fraction of sp³-hybridized carbons (Fsp3) is 0.444. The van der Waals surface area contributed by atoms with Crippen molar-refractivity contribution in [2.75, 3.05) is 13.1 Å². The van der Waals surface area contributed by atoms with E-state index < -0.39 is 0 Å². The normalized spacial score (nSPS) is 22.2. The Bertz CT molecular complexity index is 294. The number of likely N-dealkylation sites (tertiary alicyclic amines) is 1. The van der Waals surface area contributed by atoms with Crippen LogP contribution in [0.3, 0.4) is 0 Å². The van der Waals surface area contributed by atoms with E-state index in [0.29, 0.717) is 12.2 Å². The molecule has 1 aromatic heterocycles. The van der Waals surface area contributed by atoms with Crippen LogP contribution in [-0.4, -0.2) is 34.9 Å². The summed E-state index contributed by atoms with van der Waals surface area (Å²) in [6, 6.07) is 3.76. The summed E-state index contributed by atoms with van der Waals surface area (Å²) in [5.41, 5.74) is 6.36. The van der Waals surface area contributed by atoms with Crippen LogP contribution < -0.4 is 5.73 Å². The van der Waals surface area contributed by atoms with Gasteiger partial charge in [0.1, 0.15) is 5.69 Å². The van der Waals surface area contributed by atoms with Crippen LogP contribution in [0.15, 0.2) is 18.3 Å². The van der Waals surface area contributed by atoms with Gasteiger partial charge in [-0.3, -0.25) is 4.79 Å². The maximum Gasteiger partial charge on any atom is 0.270 e. The molecule has 13 heavy (non-hydrogen) atoms. The molecular weight excluding hydrogens is 166 g/mol. The molecule has 0 bridgehead atoms. The van der Waals surface area contributed by atoms with Crippen molar-refractivity contribution in [3.05, 3.63) is 24.0 Å². The van der Waals surface area contributed by atoms with Crippen molar-refractivity contribution in [1.82, 2.24) is 9.88 Å². The molecule has 4 nitrogen and oxygen atoms in total. The summed E-state index contributed by atoms with van der Waals surface area (Å²) in [6.45, 7) is 1.46. The van der Waals surface area contributed by atoms with Crippen LogP contribution in [-0.2, 0) is 0 Å². The zero-order chi connectivity index (χ0) is 9.26. The summed E-state index contributed by atoms with van der Waals surface area (Å²) in [7, 11) is 0. The smallest absolute Gasteiger partial charge is 0.270 e. The molecule has 0 aromatic carbocycles. The lowest BCUT2D eigenvalue weighted by Crippen LogP contribution is -2.32. The number of carbonyl (C=O) groups is 1. The predicted octanol–water partition coefficient (Wildman–Crippen LogP) is 0.188. The van der Waals surface area contributed by atoms with E-state index >= 15 is 0 Å². The van der Waals surface area contributed by atoms with Crippen molar-refractivity contribution < 1.29 is 4.79 Å². The van der Waals surface area contributed by atoms with Gasteiger partial charge in [0.05, 0.1) is 0 Å². The molecule has 1 aliphatic rings. The number of nitrogens with zero attached hydrogens (tertiary/aromatic N) is 1. The van der Waals surface area contributed by atoms with Crippen LogP contribution in [0.5, 0.6) is 0 Å². The molecule has 1 atom stereocenters. The van der Waals surface area contributed by atoms with Crippen molar-refractivity contribution in [1.29, 1.82) is 0 Å². The van der Waals surface area contributed by atoms with Gasteiger partial charge < -0.3 is 15.6 Å². The Morgan fingerprint density at radius 1 is 1.69 bits per heavy atom. The molecule has 1 aromatic rings. The molecule has 0 unspecified atom stereocenters. The van der Waals surface area contributed by atoms with E-state index in [9.17, 15) is 4.79 Å². The number of H-pyrrole nitrogens is 1. The third-order valence-corrected chi connectivity index (χ3v) is 2.34. The zero-order valence-electron chi connectivity index (χ0n) is 7.36. The maximum absolute atomic E-state index is 11.7. The van der Waals surface area contributed by atoms with Crippen LogP contribution >= 0.6 is 0 Å². The van der Waals surface area contributed by atoms with Gasteiger partial charge in [0.2, 0.25) is 0 Å². The fourth-order valence-corrected chi connectivity index (χ4v) is 1.61.